The zero-order valence-electron chi connectivity index (χ0n) is 12.8. The van der Waals surface area contributed by atoms with E-state index in [9.17, 15) is 4.39 Å². The highest BCUT2D eigenvalue weighted by Crippen LogP contribution is 2.39. The van der Waals surface area contributed by atoms with Gasteiger partial charge in [-0.15, -0.1) is 0 Å². The number of anilines is 3. The summed E-state index contributed by atoms with van der Waals surface area (Å²) in [6.07, 6.45) is 5.06. The number of benzene rings is 1. The van der Waals surface area contributed by atoms with Crippen LogP contribution in [0, 0.1) is 5.82 Å². The smallest absolute Gasteiger partial charge is 0.215 e. The van der Waals surface area contributed by atoms with Gasteiger partial charge in [-0.25, -0.2) is 4.39 Å². The third-order valence-electron chi connectivity index (χ3n) is 3.76. The number of nitrogens with one attached hydrogen (secondary N) is 1. The van der Waals surface area contributed by atoms with Crippen LogP contribution in [0.1, 0.15) is 0 Å². The summed E-state index contributed by atoms with van der Waals surface area (Å²) < 4.78 is 19.1. The van der Waals surface area contributed by atoms with Crippen LogP contribution in [0.4, 0.5) is 21.6 Å². The maximum Gasteiger partial charge on any atom is 0.215 e. The van der Waals surface area contributed by atoms with Crippen molar-refractivity contribution >= 4 is 39.8 Å². The summed E-state index contributed by atoms with van der Waals surface area (Å²) in [4.78, 5) is 8.48. The highest BCUT2D eigenvalue weighted by Gasteiger charge is 2.17. The van der Waals surface area contributed by atoms with Gasteiger partial charge in [0.05, 0.1) is 10.4 Å². The zero-order valence-corrected chi connectivity index (χ0v) is 13.6. The molecule has 1 aromatic carbocycles. The molecular weight excluding hydrogens is 343 g/mol. The summed E-state index contributed by atoms with van der Waals surface area (Å²) >= 11 is 5.83. The van der Waals surface area contributed by atoms with Gasteiger partial charge in [-0.2, -0.15) is 0 Å². The van der Waals surface area contributed by atoms with Crippen molar-refractivity contribution in [1.29, 1.82) is 0 Å². The highest BCUT2D eigenvalue weighted by atomic mass is 35.5. The van der Waals surface area contributed by atoms with Gasteiger partial charge in [-0.1, -0.05) is 11.6 Å². The van der Waals surface area contributed by atoms with Crippen molar-refractivity contribution < 1.29 is 8.81 Å². The lowest BCUT2D eigenvalue weighted by molar-refractivity contribution is 0.628. The van der Waals surface area contributed by atoms with Gasteiger partial charge in [-0.3, -0.25) is 9.97 Å². The van der Waals surface area contributed by atoms with Crippen molar-refractivity contribution in [2.24, 2.45) is 0 Å². The number of aromatic nitrogens is 2. The number of nitrogens with two attached hydrogens (primary N) is 1. The fourth-order valence-corrected chi connectivity index (χ4v) is 2.78. The van der Waals surface area contributed by atoms with E-state index in [1.54, 1.807) is 30.7 Å². The van der Waals surface area contributed by atoms with E-state index in [0.29, 0.717) is 22.7 Å². The van der Waals surface area contributed by atoms with E-state index in [1.165, 1.54) is 12.1 Å². The summed E-state index contributed by atoms with van der Waals surface area (Å²) in [6, 6.07) is 9.84. The molecule has 3 aromatic heterocycles. The molecule has 0 spiro atoms. The van der Waals surface area contributed by atoms with Crippen LogP contribution < -0.4 is 11.1 Å². The lowest BCUT2D eigenvalue weighted by Gasteiger charge is -2.06. The average molecular weight is 355 g/mol. The molecule has 3 heterocycles. The Morgan fingerprint density at radius 3 is 2.80 bits per heavy atom. The first-order valence-electron chi connectivity index (χ1n) is 7.43. The molecule has 0 aliphatic carbocycles. The molecule has 3 N–H and O–H groups in total. The van der Waals surface area contributed by atoms with Crippen molar-refractivity contribution in [1.82, 2.24) is 9.97 Å². The van der Waals surface area contributed by atoms with Gasteiger partial charge in [0.25, 0.3) is 0 Å². The fraction of sp³-hybridized carbons (Fsp3) is 0. The highest BCUT2D eigenvalue weighted by molar-refractivity contribution is 6.31. The van der Waals surface area contributed by atoms with Crippen LogP contribution in [0.15, 0.2) is 59.4 Å². The number of hydrogen-bond acceptors (Lipinski definition) is 5. The minimum absolute atomic E-state index is 0.0223. The number of hydrogen-bond donors (Lipinski definition) is 2. The lowest BCUT2D eigenvalue weighted by Crippen LogP contribution is -1.94. The van der Waals surface area contributed by atoms with Gasteiger partial charge in [0.2, 0.25) is 5.88 Å². The molecule has 0 fully saturated rings. The molecule has 0 saturated carbocycles. The number of nitrogens with zero attached hydrogens (tertiary/aromatic N) is 2. The van der Waals surface area contributed by atoms with Gasteiger partial charge in [0.15, 0.2) is 5.58 Å². The molecule has 0 amide bonds. The molecule has 0 aliphatic heterocycles. The second-order valence-electron chi connectivity index (χ2n) is 5.37. The second kappa shape index (κ2) is 6.07. The number of furan rings is 1. The molecule has 25 heavy (non-hydrogen) atoms. The van der Waals surface area contributed by atoms with Gasteiger partial charge in [-0.05, 0) is 36.4 Å². The minimum atomic E-state index is -0.486. The monoisotopic (exact) mass is 354 g/mol. The van der Waals surface area contributed by atoms with E-state index in [4.69, 9.17) is 21.8 Å². The predicted octanol–water partition coefficient (Wildman–Crippen LogP) is 5.01. The predicted molar refractivity (Wildman–Crippen MR) is 96.3 cm³/mol. The van der Waals surface area contributed by atoms with Crippen LogP contribution in [0.2, 0.25) is 5.02 Å². The number of nitrogen functional groups attached to an aromatic ring is 1. The van der Waals surface area contributed by atoms with Crippen LogP contribution >= 0.6 is 11.6 Å². The molecule has 124 valence electrons. The van der Waals surface area contributed by atoms with Crippen molar-refractivity contribution in [3.8, 4) is 11.3 Å². The quantitative estimate of drug-likeness (QED) is 0.541. The molecule has 0 bridgehead atoms. The second-order valence-corrected chi connectivity index (χ2v) is 5.78. The zero-order chi connectivity index (χ0) is 17.4. The Balaban J connectivity index is 1.83. The van der Waals surface area contributed by atoms with Crippen LogP contribution in [0.25, 0.3) is 22.2 Å². The Labute approximate surface area is 147 Å². The number of halogens is 2. The first-order valence-corrected chi connectivity index (χ1v) is 7.81. The van der Waals surface area contributed by atoms with E-state index in [2.05, 4.69) is 15.3 Å². The van der Waals surface area contributed by atoms with Crippen LogP contribution in [0.3, 0.4) is 0 Å². The standard InChI is InChI=1S/C18H12ClFN4O/c19-13-8-11(3-4-14(13)20)24-16-12-5-7-23-15(17(12)25-18(16)21)10-2-1-6-22-9-10/h1-9,24H,21H2. The van der Waals surface area contributed by atoms with E-state index >= 15 is 0 Å². The number of rotatable bonds is 3. The summed E-state index contributed by atoms with van der Waals surface area (Å²) in [5, 5.41) is 3.91. The van der Waals surface area contributed by atoms with E-state index < -0.39 is 5.82 Å². The molecule has 0 saturated heterocycles. The maximum absolute atomic E-state index is 13.3. The van der Waals surface area contributed by atoms with Gasteiger partial charge in [0, 0.05) is 29.8 Å². The molecule has 7 heteroatoms. The van der Waals surface area contributed by atoms with Crippen LogP contribution in [-0.2, 0) is 0 Å². The van der Waals surface area contributed by atoms with Crippen molar-refractivity contribution in [2.45, 2.75) is 0 Å². The van der Waals surface area contributed by atoms with E-state index in [0.717, 1.165) is 10.9 Å². The maximum atomic E-state index is 13.3. The number of pyridine rings is 2. The average Bonchev–Trinajstić information content (AvgIpc) is 2.94. The lowest BCUT2D eigenvalue weighted by atomic mass is 10.1. The molecule has 4 aromatic rings. The Morgan fingerprint density at radius 2 is 2.04 bits per heavy atom. The van der Waals surface area contributed by atoms with Gasteiger partial charge in [0.1, 0.15) is 17.2 Å². The summed E-state index contributed by atoms with van der Waals surface area (Å²) in [7, 11) is 0. The molecular formula is C18H12ClFN4O. The fourth-order valence-electron chi connectivity index (χ4n) is 2.60. The molecule has 0 atom stereocenters. The Kier molecular flexibility index (Phi) is 3.74. The molecule has 0 aliphatic rings. The summed E-state index contributed by atoms with van der Waals surface area (Å²) in [6.45, 7) is 0. The Bertz CT molecular complexity index is 1070. The topological polar surface area (TPSA) is 77.0 Å². The minimum Gasteiger partial charge on any atom is -0.436 e. The molecule has 0 unspecified atom stereocenters. The summed E-state index contributed by atoms with van der Waals surface area (Å²) in [5.74, 6) is -0.283. The third kappa shape index (κ3) is 2.77. The number of fused-ring (bicyclic) bond motifs is 1. The molecule has 5 nitrogen and oxygen atoms in total. The SMILES string of the molecule is Nc1oc2c(-c3cccnc3)nccc2c1Nc1ccc(F)c(Cl)c1. The largest absolute Gasteiger partial charge is 0.436 e. The van der Waals surface area contributed by atoms with Crippen molar-refractivity contribution in [3.05, 3.63) is 65.8 Å². The van der Waals surface area contributed by atoms with Gasteiger partial charge >= 0.3 is 0 Å². The Morgan fingerprint density at radius 1 is 1.16 bits per heavy atom. The molecule has 4 rings (SSSR count). The van der Waals surface area contributed by atoms with Crippen LogP contribution in [-0.4, -0.2) is 9.97 Å². The third-order valence-corrected chi connectivity index (χ3v) is 4.05. The van der Waals surface area contributed by atoms with Crippen LogP contribution in [0.5, 0.6) is 0 Å². The van der Waals surface area contributed by atoms with Gasteiger partial charge < -0.3 is 15.5 Å². The normalized spacial score (nSPS) is 11.0. The summed E-state index contributed by atoms with van der Waals surface area (Å²) in [5.41, 5.74) is 9.21. The van der Waals surface area contributed by atoms with E-state index in [-0.39, 0.29) is 10.9 Å². The van der Waals surface area contributed by atoms with Crippen molar-refractivity contribution in [3.63, 3.8) is 0 Å². The first kappa shape index (κ1) is 15.4. The first-order chi connectivity index (χ1) is 12.1. The Hall–Kier alpha value is -3.12. The molecule has 0 radical (unpaired) electrons. The van der Waals surface area contributed by atoms with E-state index in [1.807, 2.05) is 12.1 Å². The van der Waals surface area contributed by atoms with Crippen molar-refractivity contribution in [2.75, 3.05) is 11.1 Å².